The van der Waals surface area contributed by atoms with Gasteiger partial charge in [0.2, 0.25) is 0 Å². The summed E-state index contributed by atoms with van der Waals surface area (Å²) in [6.45, 7) is 2.69. The summed E-state index contributed by atoms with van der Waals surface area (Å²) in [5, 5.41) is 4.65. The minimum atomic E-state index is -3.57. The van der Waals surface area contributed by atoms with E-state index in [9.17, 15) is 8.42 Å². The third-order valence-electron chi connectivity index (χ3n) is 1.12. The predicted molar refractivity (Wildman–Crippen MR) is 43.8 cm³/mol. The number of unbranched alkanes of at least 4 members (excludes halogenated alkanes) is 2. The van der Waals surface area contributed by atoms with E-state index in [4.69, 9.17) is 0 Å². The van der Waals surface area contributed by atoms with Gasteiger partial charge in [-0.1, -0.05) is 19.8 Å². The Morgan fingerprint density at radius 2 is 2.00 bits per heavy atom. The first-order chi connectivity index (χ1) is 5.06. The maximum absolute atomic E-state index is 10.3. The molecule has 0 rings (SSSR count). The second-order valence-electron chi connectivity index (χ2n) is 2.28. The van der Waals surface area contributed by atoms with E-state index in [1.165, 1.54) is 0 Å². The van der Waals surface area contributed by atoms with E-state index in [-0.39, 0.29) is 0 Å². The van der Waals surface area contributed by atoms with Gasteiger partial charge < -0.3 is 0 Å². The van der Waals surface area contributed by atoms with Gasteiger partial charge in [0.25, 0.3) is 10.2 Å². The van der Waals surface area contributed by atoms with Crippen LogP contribution in [-0.4, -0.2) is 15.0 Å². The zero-order valence-corrected chi connectivity index (χ0v) is 7.45. The van der Waals surface area contributed by atoms with E-state index in [0.29, 0.717) is 6.54 Å². The Bertz CT molecular complexity index is 178. The van der Waals surface area contributed by atoms with Gasteiger partial charge in [-0.05, 0) is 6.42 Å². The lowest BCUT2D eigenvalue weighted by molar-refractivity contribution is 0.545. The molecule has 0 spiro atoms. The number of hydrogen-bond donors (Lipinski definition) is 3. The fraction of sp³-hybridized carbons (Fsp3) is 1.00. The van der Waals surface area contributed by atoms with Crippen LogP contribution in [0.5, 0.6) is 0 Å². The van der Waals surface area contributed by atoms with Crippen LogP contribution in [0.25, 0.3) is 0 Å². The lowest BCUT2D eigenvalue weighted by Gasteiger charge is -2.02. The second-order valence-corrected chi connectivity index (χ2v) is 3.58. The average molecular weight is 181 g/mol. The van der Waals surface area contributed by atoms with Gasteiger partial charge in [-0.2, -0.15) is 8.42 Å². The van der Waals surface area contributed by atoms with Crippen molar-refractivity contribution in [1.82, 2.24) is 10.3 Å². The third kappa shape index (κ3) is 9.83. The summed E-state index contributed by atoms with van der Waals surface area (Å²) in [5.41, 5.74) is 2.50. The Morgan fingerprint density at radius 3 is 2.45 bits per heavy atom. The summed E-state index contributed by atoms with van der Waals surface area (Å²) >= 11 is 0. The van der Waals surface area contributed by atoms with Crippen molar-refractivity contribution in [1.29, 1.82) is 0 Å². The Kier molecular flexibility index (Phi) is 5.39. The van der Waals surface area contributed by atoms with Crippen molar-refractivity contribution < 1.29 is 8.42 Å². The SMILES string of the molecule is CCCCCNNS(N)(=O)=O. The summed E-state index contributed by atoms with van der Waals surface area (Å²) in [7, 11) is -3.57. The number of hydrogen-bond acceptors (Lipinski definition) is 3. The Labute approximate surface area is 67.5 Å². The second kappa shape index (κ2) is 5.48. The largest absolute Gasteiger partial charge is 0.287 e. The Hall–Kier alpha value is -0.170. The van der Waals surface area contributed by atoms with E-state index in [0.717, 1.165) is 19.3 Å². The highest BCUT2D eigenvalue weighted by Gasteiger charge is 1.96. The van der Waals surface area contributed by atoms with E-state index < -0.39 is 10.2 Å². The first kappa shape index (κ1) is 10.8. The summed E-state index contributed by atoms with van der Waals surface area (Å²) in [6, 6.07) is 0. The summed E-state index contributed by atoms with van der Waals surface area (Å²) in [5.74, 6) is 0. The van der Waals surface area contributed by atoms with Gasteiger partial charge in [0, 0.05) is 6.54 Å². The highest BCUT2D eigenvalue weighted by Crippen LogP contribution is 1.89. The van der Waals surface area contributed by atoms with Crippen molar-refractivity contribution in [3.63, 3.8) is 0 Å². The quantitative estimate of drug-likeness (QED) is 0.380. The molecule has 6 heteroatoms. The van der Waals surface area contributed by atoms with E-state index >= 15 is 0 Å². The zero-order chi connectivity index (χ0) is 8.74. The van der Waals surface area contributed by atoms with Gasteiger partial charge in [0.1, 0.15) is 0 Å². The monoisotopic (exact) mass is 181 g/mol. The first-order valence-electron chi connectivity index (χ1n) is 3.58. The average Bonchev–Trinajstić information content (AvgIpc) is 1.85. The van der Waals surface area contributed by atoms with Crippen LogP contribution in [0.4, 0.5) is 0 Å². The fourth-order valence-corrected chi connectivity index (χ4v) is 0.918. The van der Waals surface area contributed by atoms with E-state index in [2.05, 4.69) is 17.5 Å². The molecule has 0 aromatic heterocycles. The minimum Gasteiger partial charge on any atom is -0.243 e. The molecule has 0 saturated carbocycles. The molecule has 0 unspecified atom stereocenters. The molecule has 0 amide bonds. The van der Waals surface area contributed by atoms with Crippen molar-refractivity contribution in [2.45, 2.75) is 26.2 Å². The minimum absolute atomic E-state index is 0.615. The Balaban J connectivity index is 3.16. The topological polar surface area (TPSA) is 84.2 Å². The highest BCUT2D eigenvalue weighted by molar-refractivity contribution is 7.87. The van der Waals surface area contributed by atoms with Crippen molar-refractivity contribution in [2.24, 2.45) is 5.14 Å². The molecule has 5 nitrogen and oxygen atoms in total. The third-order valence-corrected chi connectivity index (χ3v) is 1.55. The van der Waals surface area contributed by atoms with Crippen LogP contribution in [0.3, 0.4) is 0 Å². The maximum atomic E-state index is 10.3. The molecule has 4 N–H and O–H groups in total. The summed E-state index contributed by atoms with van der Waals surface area (Å²) in [6.07, 6.45) is 3.13. The smallest absolute Gasteiger partial charge is 0.243 e. The van der Waals surface area contributed by atoms with Crippen molar-refractivity contribution in [3.05, 3.63) is 0 Å². The number of hydrazine groups is 1. The standard InChI is InChI=1S/C5H15N3O2S/c1-2-3-4-5-7-8-11(6,9)10/h7-8H,2-5H2,1H3,(H2,6,9,10). The normalized spacial score (nSPS) is 11.8. The molecule has 68 valence electrons. The molecule has 0 fully saturated rings. The van der Waals surface area contributed by atoms with Gasteiger partial charge in [0.15, 0.2) is 0 Å². The zero-order valence-electron chi connectivity index (χ0n) is 6.63. The van der Waals surface area contributed by atoms with Crippen LogP contribution in [0.1, 0.15) is 26.2 Å². The lowest BCUT2D eigenvalue weighted by atomic mass is 10.3. The van der Waals surface area contributed by atoms with Crippen molar-refractivity contribution >= 4 is 10.2 Å². The van der Waals surface area contributed by atoms with Crippen molar-refractivity contribution in [3.8, 4) is 0 Å². The maximum Gasteiger partial charge on any atom is 0.287 e. The molecular formula is C5H15N3O2S. The molecule has 0 saturated heterocycles. The number of nitrogens with two attached hydrogens (primary N) is 1. The molecular weight excluding hydrogens is 166 g/mol. The van der Waals surface area contributed by atoms with Crippen LogP contribution >= 0.6 is 0 Å². The predicted octanol–water partition coefficient (Wildman–Crippen LogP) is -0.526. The van der Waals surface area contributed by atoms with E-state index in [1.54, 1.807) is 0 Å². The van der Waals surface area contributed by atoms with Crippen LogP contribution < -0.4 is 15.4 Å². The van der Waals surface area contributed by atoms with E-state index in [1.807, 2.05) is 4.83 Å². The molecule has 0 radical (unpaired) electrons. The summed E-state index contributed by atoms with van der Waals surface area (Å²) < 4.78 is 20.5. The highest BCUT2D eigenvalue weighted by atomic mass is 32.2. The van der Waals surface area contributed by atoms with Crippen molar-refractivity contribution in [2.75, 3.05) is 6.54 Å². The molecule has 0 aliphatic rings. The first-order valence-corrected chi connectivity index (χ1v) is 5.13. The van der Waals surface area contributed by atoms with Gasteiger partial charge in [-0.3, -0.25) is 0 Å². The Morgan fingerprint density at radius 1 is 1.36 bits per heavy atom. The molecule has 11 heavy (non-hydrogen) atoms. The van der Waals surface area contributed by atoms with Gasteiger partial charge >= 0.3 is 0 Å². The van der Waals surface area contributed by atoms with Crippen LogP contribution in [0, 0.1) is 0 Å². The molecule has 0 aliphatic carbocycles. The fourth-order valence-electron chi connectivity index (χ4n) is 0.615. The number of rotatable bonds is 6. The molecule has 0 heterocycles. The summed E-state index contributed by atoms with van der Waals surface area (Å²) in [4.78, 5) is 1.98. The molecule has 0 bridgehead atoms. The molecule has 0 aromatic rings. The molecule has 0 aromatic carbocycles. The van der Waals surface area contributed by atoms with Crippen LogP contribution in [0.15, 0.2) is 0 Å². The van der Waals surface area contributed by atoms with Gasteiger partial charge in [-0.15, -0.1) is 4.83 Å². The van der Waals surface area contributed by atoms with Gasteiger partial charge in [-0.25, -0.2) is 10.6 Å². The number of nitrogens with one attached hydrogen (secondary N) is 2. The molecule has 0 aliphatic heterocycles. The van der Waals surface area contributed by atoms with Crippen LogP contribution in [-0.2, 0) is 10.2 Å². The van der Waals surface area contributed by atoms with Crippen LogP contribution in [0.2, 0.25) is 0 Å². The molecule has 0 atom stereocenters. The lowest BCUT2D eigenvalue weighted by Crippen LogP contribution is -2.41. The van der Waals surface area contributed by atoms with Gasteiger partial charge in [0.05, 0.1) is 0 Å².